The Hall–Kier alpha value is -4.56. The Labute approximate surface area is 561 Å². The average molecular weight is 1290 g/mol. The molecule has 12 aliphatic carbocycles. The minimum Gasteiger partial charge on any atom is -0.504 e. The van der Waals surface area contributed by atoms with Crippen LogP contribution in [0.3, 0.4) is 0 Å². The molecule has 94 heavy (non-hydrogen) atoms. The lowest BCUT2D eigenvalue weighted by Crippen LogP contribution is -2.80. The number of carbonyl (C=O) groups excluding carboxylic acids is 2. The van der Waals surface area contributed by atoms with Gasteiger partial charge >= 0.3 is 0 Å². The average Bonchev–Trinajstić information content (AvgIpc) is 1.34. The summed E-state index contributed by atoms with van der Waals surface area (Å²) in [5.41, 5.74) is 5.29. The predicted octanol–water partition coefficient (Wildman–Crippen LogP) is 13.5. The van der Waals surface area contributed by atoms with Crippen molar-refractivity contribution in [1.29, 1.82) is 0 Å². The van der Waals surface area contributed by atoms with Crippen molar-refractivity contribution >= 4 is 11.8 Å². The van der Waals surface area contributed by atoms with E-state index in [2.05, 4.69) is 143 Å². The number of piperidine rings is 3. The third-order valence-electron chi connectivity index (χ3n) is 32.9. The third kappa shape index (κ3) is 7.10. The second-order valence-corrected chi connectivity index (χ2v) is 38.3. The van der Waals surface area contributed by atoms with Crippen molar-refractivity contribution in [2.45, 2.75) is 298 Å². The van der Waals surface area contributed by atoms with Crippen LogP contribution in [0.5, 0.6) is 28.7 Å². The van der Waals surface area contributed by atoms with Crippen LogP contribution in [0.2, 0.25) is 0 Å². The van der Waals surface area contributed by atoms with E-state index in [9.17, 15) is 35.1 Å². The van der Waals surface area contributed by atoms with Crippen LogP contribution in [0.1, 0.15) is 241 Å². The maximum absolute atomic E-state index is 12.8. The van der Waals surface area contributed by atoms with Crippen molar-refractivity contribution < 1.29 is 49.3 Å². The number of rotatable bonds is 3. The zero-order valence-corrected chi connectivity index (χ0v) is 59.6. The lowest BCUT2D eigenvalue weighted by atomic mass is 9.31. The molecule has 6 aliphatic heterocycles. The lowest BCUT2D eigenvalue weighted by Gasteiger charge is -2.75. The van der Waals surface area contributed by atoms with Crippen molar-refractivity contribution in [1.82, 2.24) is 15.1 Å². The number of likely N-dealkylation sites (tertiary alicyclic amines) is 2. The van der Waals surface area contributed by atoms with Crippen LogP contribution in [0, 0.1) is 73.4 Å². The first-order valence-corrected chi connectivity index (χ1v) is 36.4. The van der Waals surface area contributed by atoms with Gasteiger partial charge in [-0.1, -0.05) is 115 Å². The van der Waals surface area contributed by atoms with Crippen LogP contribution in [-0.4, -0.2) is 120 Å². The van der Waals surface area contributed by atoms with Gasteiger partial charge in [0.1, 0.15) is 24.1 Å². The second-order valence-electron chi connectivity index (χ2n) is 38.3. The van der Waals surface area contributed by atoms with Crippen molar-refractivity contribution in [2.24, 2.45) is 66.5 Å². The minimum atomic E-state index is -0.882. The van der Waals surface area contributed by atoms with Crippen molar-refractivity contribution in [3.63, 3.8) is 0 Å². The Balaban J connectivity index is 0.000000116. The Kier molecular flexibility index (Phi) is 13.2. The highest BCUT2D eigenvalue weighted by Crippen LogP contribution is 2.83. The summed E-state index contributed by atoms with van der Waals surface area (Å²) >= 11 is 0. The number of hydrogen-bond acceptors (Lipinski definition) is 11. The van der Waals surface area contributed by atoms with Gasteiger partial charge in [0.25, 0.3) is 0 Å². The largest absolute Gasteiger partial charge is 0.504 e. The minimum absolute atomic E-state index is 0. The molecule has 0 radical (unpaired) electrons. The van der Waals surface area contributed by atoms with E-state index in [1.165, 1.54) is 45.4 Å². The smallest absolute Gasteiger partial charge is 0.219 e. The molecule has 13 heteroatoms. The van der Waals surface area contributed by atoms with Gasteiger partial charge in [-0.25, -0.2) is 0 Å². The summed E-state index contributed by atoms with van der Waals surface area (Å²) in [5.74, 6) is 3.77. The van der Waals surface area contributed by atoms with Crippen LogP contribution in [-0.2, 0) is 45.1 Å². The van der Waals surface area contributed by atoms with Gasteiger partial charge in [0.2, 0.25) is 11.8 Å². The van der Waals surface area contributed by atoms with Gasteiger partial charge < -0.3 is 54.9 Å². The first-order valence-electron chi connectivity index (χ1n) is 36.4. The summed E-state index contributed by atoms with van der Waals surface area (Å²) in [6.45, 7) is 40.8. The number of aromatic hydroxyl groups is 2. The molecule has 21 atom stereocenters. The normalized spacial score (nSPS) is 43.4. The molecule has 2 amide bonds. The molecule has 6 heterocycles. The van der Waals surface area contributed by atoms with E-state index in [1.54, 1.807) is 19.9 Å². The number of carbonyl (C=O) groups is 2. The van der Waals surface area contributed by atoms with Crippen LogP contribution >= 0.6 is 0 Å². The number of phenols is 2. The Morgan fingerprint density at radius 1 is 0.479 bits per heavy atom. The van der Waals surface area contributed by atoms with E-state index in [4.69, 9.17) is 14.2 Å². The first kappa shape index (κ1) is 65.4. The first-order chi connectivity index (χ1) is 43.1. The molecule has 18 aliphatic rings. The van der Waals surface area contributed by atoms with Crippen LogP contribution in [0.25, 0.3) is 0 Å². The molecule has 0 aromatic heterocycles. The summed E-state index contributed by atoms with van der Waals surface area (Å²) in [6, 6.07) is 13.0. The van der Waals surface area contributed by atoms with Crippen molar-refractivity contribution in [3.8, 4) is 28.7 Å². The van der Waals surface area contributed by atoms with Gasteiger partial charge in [0.15, 0.2) is 23.0 Å². The summed E-state index contributed by atoms with van der Waals surface area (Å²) < 4.78 is 20.7. The van der Waals surface area contributed by atoms with E-state index >= 15 is 0 Å². The zero-order chi connectivity index (χ0) is 66.7. The Morgan fingerprint density at radius 3 is 1.21 bits per heavy atom. The topological polar surface area (TPSA) is 181 Å². The van der Waals surface area contributed by atoms with Gasteiger partial charge in [-0.05, 0) is 204 Å². The number of nitrogens with one attached hydrogen (secondary N) is 1. The highest BCUT2D eigenvalue weighted by Gasteiger charge is 2.84. The molecule has 6 N–H and O–H groups in total. The van der Waals surface area contributed by atoms with E-state index in [-0.39, 0.29) is 138 Å². The molecule has 12 fully saturated rings. The van der Waals surface area contributed by atoms with Gasteiger partial charge in [0.05, 0.1) is 16.8 Å². The lowest BCUT2D eigenvalue weighted by molar-refractivity contribution is -0.274. The van der Waals surface area contributed by atoms with E-state index in [0.29, 0.717) is 17.5 Å². The molecule has 3 aromatic carbocycles. The van der Waals surface area contributed by atoms with E-state index in [0.717, 1.165) is 121 Å². The fraction of sp³-hybridized carbons (Fsp3) is 0.753. The molecular formula is C81H115N3O10. The number of fused-ring (bicyclic) bond motifs is 6. The summed E-state index contributed by atoms with van der Waals surface area (Å²) in [4.78, 5) is 30.0. The predicted molar refractivity (Wildman–Crippen MR) is 365 cm³/mol. The van der Waals surface area contributed by atoms with Gasteiger partial charge in [-0.3, -0.25) is 9.59 Å². The molecule has 3 aromatic rings. The Morgan fingerprint density at radius 2 is 0.819 bits per heavy atom. The molecule has 6 spiro atoms. The molecule has 9 saturated carbocycles. The van der Waals surface area contributed by atoms with E-state index in [1.807, 2.05) is 13.0 Å². The molecule has 3 saturated heterocycles. The number of nitrogens with zero attached hydrogens (tertiary/aromatic N) is 2. The standard InChI is InChI=1S/C28H39NO3.C27H37NO4.C25H35NO3.CH4/c1-16-8-9-18-14-20-27-11-10-25(6,19(15-27)26(7,31)24(3,4)5)23-28(27,21(18)22(16)32-23)12-13-29(20)17(2)30;1-15(29)28-12-11-27-20-16-7-8-17(30)21(20)32-22(27)24(5)9-10-26(27,19(28)13-16)14-18(24)25(6,31)23(2,3)4;1-21(2,3)23(5,28)16-13-24-9-8-22(16,4)20-25(24)10-11-26-17(24)12-14-6-7-15(27)19(29-20)18(14)25;/h8-9,19-20,23,31H,10-15H2,1-7H3;7-8,18-19,22,30-31H,9-14H2,1-6H3;6-7,16-17,20,26-28H,8-13H2,1-5H3;1H4/t19-,20+,23-,25-,26-,27+,28-;18-,19+,22-,24-,25-,26+,27-;16-,17+,20-,22-,23-,24+,25-;/m000./s1. The zero-order valence-electron chi connectivity index (χ0n) is 59.6. The summed E-state index contributed by atoms with van der Waals surface area (Å²) in [5, 5.41) is 61.5. The van der Waals surface area contributed by atoms with Gasteiger partial charge in [-0.2, -0.15) is 0 Å². The summed E-state index contributed by atoms with van der Waals surface area (Å²) in [6.07, 6.45) is 15.1. The number of phenolic OH excluding ortho intramolecular Hbond substituents is 2. The van der Waals surface area contributed by atoms with E-state index < -0.39 is 16.8 Å². The number of ether oxygens (including phenoxy) is 3. The number of hydrogen-bond donors (Lipinski definition) is 6. The van der Waals surface area contributed by atoms with Crippen LogP contribution in [0.4, 0.5) is 0 Å². The molecule has 13 nitrogen and oxygen atoms in total. The molecule has 21 rings (SSSR count). The molecular weight excluding hydrogens is 1170 g/mol. The fourth-order valence-corrected chi connectivity index (χ4v) is 27.1. The number of amides is 2. The van der Waals surface area contributed by atoms with Gasteiger partial charge in [0, 0.05) is 105 Å². The van der Waals surface area contributed by atoms with Crippen molar-refractivity contribution in [2.75, 3.05) is 19.6 Å². The SMILES string of the molecule is C.CC(=O)N1CC[C@]23c4c5ccc(C)c4O[C@H]2[C@@]2(C)CC[C@@]3(C[C@@H]2[C@](C)(O)C(C)(C)C)[C@H]1C5.CC(=O)N1CC[C@]23c4c5ccc(O)c4O[C@H]2[C@@]2(C)CC[C@@]3(C[C@@H]2[C@](C)(O)C(C)(C)C)[C@H]1C5.CC(C)(C)[C@@](C)(O)[C@H]1C[C@@]23CC[C@]1(C)[C@@H]1Oc4c(O)ccc5c4[C@@]12CCN[C@@H]3C5. The number of benzene rings is 3. The molecule has 0 unspecified atom stereocenters. The monoisotopic (exact) mass is 1290 g/mol. The summed E-state index contributed by atoms with van der Waals surface area (Å²) in [7, 11) is 0. The highest BCUT2D eigenvalue weighted by molar-refractivity contribution is 5.76. The van der Waals surface area contributed by atoms with Gasteiger partial charge in [-0.15, -0.1) is 0 Å². The maximum Gasteiger partial charge on any atom is 0.219 e. The quantitative estimate of drug-likeness (QED) is 0.147. The number of aliphatic hydroxyl groups is 3. The van der Waals surface area contributed by atoms with Crippen LogP contribution in [0.15, 0.2) is 36.4 Å². The van der Waals surface area contributed by atoms with Crippen molar-refractivity contribution in [3.05, 3.63) is 75.3 Å². The number of aryl methyl sites for hydroxylation is 1. The highest BCUT2D eigenvalue weighted by atomic mass is 16.5. The third-order valence-corrected chi connectivity index (χ3v) is 32.9. The molecule has 514 valence electrons. The van der Waals surface area contributed by atoms with Crippen LogP contribution < -0.4 is 19.5 Å². The second kappa shape index (κ2) is 19.0. The fourth-order valence-electron chi connectivity index (χ4n) is 27.1. The molecule has 12 bridgehead atoms. The Bertz CT molecular complexity index is 3590. The maximum atomic E-state index is 12.8.